The second kappa shape index (κ2) is 4.86. The van der Waals surface area contributed by atoms with Gasteiger partial charge in [-0.05, 0) is 30.8 Å². The molecule has 3 heteroatoms. The van der Waals surface area contributed by atoms with E-state index in [1.54, 1.807) is 12.4 Å². The molecule has 1 N–H and O–H groups in total. The molecule has 0 bridgehead atoms. The molecule has 1 aromatic heterocycles. The van der Waals surface area contributed by atoms with Gasteiger partial charge in [0.2, 0.25) is 0 Å². The zero-order chi connectivity index (χ0) is 12.4. The van der Waals surface area contributed by atoms with Crippen LogP contribution in [0.15, 0.2) is 36.7 Å². The summed E-state index contributed by atoms with van der Waals surface area (Å²) in [5.74, 6) is 0.216. The van der Waals surface area contributed by atoms with Crippen LogP contribution in [0, 0.1) is 0 Å². The molecule has 1 atom stereocenters. The van der Waals surface area contributed by atoms with Gasteiger partial charge in [-0.3, -0.25) is 9.78 Å². The topological polar surface area (TPSA) is 42.0 Å². The Bertz CT molecular complexity index is 568. The van der Waals surface area contributed by atoms with Crippen molar-refractivity contribution in [2.45, 2.75) is 25.3 Å². The lowest BCUT2D eigenvalue weighted by atomic mass is 9.98. The van der Waals surface area contributed by atoms with Crippen molar-refractivity contribution in [3.8, 4) is 0 Å². The number of hydrogen-bond donors (Lipinski definition) is 1. The molecule has 1 aromatic carbocycles. The van der Waals surface area contributed by atoms with Crippen LogP contribution in [0.3, 0.4) is 0 Å². The molecular formula is C15H16N2O. The van der Waals surface area contributed by atoms with Gasteiger partial charge in [0.05, 0.1) is 0 Å². The average molecular weight is 240 g/mol. The first-order valence-corrected chi connectivity index (χ1v) is 6.44. The normalized spacial score (nSPS) is 19.2. The highest BCUT2D eigenvalue weighted by atomic mass is 16.1. The van der Waals surface area contributed by atoms with E-state index >= 15 is 0 Å². The van der Waals surface area contributed by atoms with Gasteiger partial charge in [0.15, 0.2) is 5.78 Å². The number of benzene rings is 1. The molecule has 1 aliphatic rings. The smallest absolute Gasteiger partial charge is 0.165 e. The van der Waals surface area contributed by atoms with Crippen molar-refractivity contribution in [3.05, 3.63) is 42.2 Å². The van der Waals surface area contributed by atoms with Crippen LogP contribution >= 0.6 is 0 Å². The Hall–Kier alpha value is -1.74. The summed E-state index contributed by atoms with van der Waals surface area (Å²) in [5.41, 5.74) is 0.800. The maximum absolute atomic E-state index is 12.3. The molecule has 1 aliphatic heterocycles. The largest absolute Gasteiger partial charge is 0.314 e. The van der Waals surface area contributed by atoms with Crippen LogP contribution in [-0.2, 0) is 0 Å². The summed E-state index contributed by atoms with van der Waals surface area (Å²) in [6.07, 6.45) is 6.41. The van der Waals surface area contributed by atoms with Crippen molar-refractivity contribution in [2.75, 3.05) is 6.54 Å². The highest BCUT2D eigenvalue weighted by molar-refractivity contribution is 6.08. The molecular weight excluding hydrogens is 224 g/mol. The number of rotatable bonds is 3. The Labute approximate surface area is 106 Å². The van der Waals surface area contributed by atoms with Crippen LogP contribution in [0.2, 0.25) is 0 Å². The first-order valence-electron chi connectivity index (χ1n) is 6.44. The standard InChI is InChI=1S/C15H16N2O/c18-15(9-12-4-2-7-17-12)13-5-1-3-11-6-8-16-10-14(11)13/h1,3,5-6,8,10,12,17H,2,4,7,9H2. The van der Waals surface area contributed by atoms with E-state index in [2.05, 4.69) is 10.3 Å². The van der Waals surface area contributed by atoms with Crippen molar-refractivity contribution in [2.24, 2.45) is 0 Å². The van der Waals surface area contributed by atoms with Crippen molar-refractivity contribution >= 4 is 16.6 Å². The van der Waals surface area contributed by atoms with Crippen LogP contribution in [0.4, 0.5) is 0 Å². The number of Topliss-reactive ketones (excluding diaryl/α,β-unsaturated/α-hetero) is 1. The van der Waals surface area contributed by atoms with Crippen molar-refractivity contribution in [3.63, 3.8) is 0 Å². The Kier molecular flexibility index (Phi) is 3.07. The maximum Gasteiger partial charge on any atom is 0.165 e. The molecule has 1 fully saturated rings. The van der Waals surface area contributed by atoms with E-state index in [4.69, 9.17) is 0 Å². The number of nitrogens with zero attached hydrogens (tertiary/aromatic N) is 1. The molecule has 3 rings (SSSR count). The van der Waals surface area contributed by atoms with Crippen LogP contribution in [0.1, 0.15) is 29.6 Å². The van der Waals surface area contributed by atoms with E-state index in [1.165, 1.54) is 6.42 Å². The number of ketones is 1. The quantitative estimate of drug-likeness (QED) is 0.838. The highest BCUT2D eigenvalue weighted by Crippen LogP contribution is 2.20. The molecule has 0 spiro atoms. The summed E-state index contributed by atoms with van der Waals surface area (Å²) < 4.78 is 0. The summed E-state index contributed by atoms with van der Waals surface area (Å²) in [6.45, 7) is 1.04. The maximum atomic E-state index is 12.3. The fourth-order valence-electron chi connectivity index (χ4n) is 2.62. The zero-order valence-electron chi connectivity index (χ0n) is 10.2. The predicted octanol–water partition coefficient (Wildman–Crippen LogP) is 2.56. The minimum atomic E-state index is 0.216. The summed E-state index contributed by atoms with van der Waals surface area (Å²) in [7, 11) is 0. The van der Waals surface area contributed by atoms with Gasteiger partial charge in [-0.1, -0.05) is 18.2 Å². The molecule has 1 unspecified atom stereocenters. The summed E-state index contributed by atoms with van der Waals surface area (Å²) in [6, 6.07) is 8.16. The predicted molar refractivity (Wildman–Crippen MR) is 71.7 cm³/mol. The molecule has 3 nitrogen and oxygen atoms in total. The van der Waals surface area contributed by atoms with Crippen molar-refractivity contribution in [1.82, 2.24) is 10.3 Å². The van der Waals surface area contributed by atoms with Gasteiger partial charge in [0, 0.05) is 35.8 Å². The molecule has 18 heavy (non-hydrogen) atoms. The third kappa shape index (κ3) is 2.14. The molecule has 92 valence electrons. The number of nitrogens with one attached hydrogen (secondary N) is 1. The van der Waals surface area contributed by atoms with Gasteiger partial charge in [0.1, 0.15) is 0 Å². The summed E-state index contributed by atoms with van der Waals surface area (Å²) >= 11 is 0. The zero-order valence-corrected chi connectivity index (χ0v) is 10.2. The van der Waals surface area contributed by atoms with Crippen molar-refractivity contribution in [1.29, 1.82) is 0 Å². The molecule has 0 aliphatic carbocycles. The van der Waals surface area contributed by atoms with E-state index in [9.17, 15) is 4.79 Å². The van der Waals surface area contributed by atoms with Crippen LogP contribution in [0.5, 0.6) is 0 Å². The van der Waals surface area contributed by atoms with Crippen LogP contribution in [-0.4, -0.2) is 23.4 Å². The molecule has 0 radical (unpaired) electrons. The SMILES string of the molecule is O=C(CC1CCCN1)c1cccc2ccncc12. The molecule has 0 amide bonds. The number of pyridine rings is 1. The summed E-state index contributed by atoms with van der Waals surface area (Å²) in [4.78, 5) is 16.5. The number of aromatic nitrogens is 1. The van der Waals surface area contributed by atoms with E-state index in [-0.39, 0.29) is 5.78 Å². The Morgan fingerprint density at radius 1 is 1.39 bits per heavy atom. The third-order valence-electron chi connectivity index (χ3n) is 3.58. The van der Waals surface area contributed by atoms with E-state index in [1.807, 2.05) is 24.3 Å². The monoisotopic (exact) mass is 240 g/mol. The highest BCUT2D eigenvalue weighted by Gasteiger charge is 2.19. The second-order valence-electron chi connectivity index (χ2n) is 4.82. The molecule has 2 aromatic rings. The average Bonchev–Trinajstić information content (AvgIpc) is 2.91. The minimum Gasteiger partial charge on any atom is -0.314 e. The fourth-order valence-corrected chi connectivity index (χ4v) is 2.62. The lowest BCUT2D eigenvalue weighted by molar-refractivity contribution is 0.0973. The van der Waals surface area contributed by atoms with Gasteiger partial charge in [-0.25, -0.2) is 0 Å². The minimum absolute atomic E-state index is 0.216. The first kappa shape index (κ1) is 11.4. The molecule has 1 saturated heterocycles. The first-order chi connectivity index (χ1) is 8.84. The third-order valence-corrected chi connectivity index (χ3v) is 3.58. The van der Waals surface area contributed by atoms with Gasteiger partial charge in [-0.15, -0.1) is 0 Å². The number of carbonyl (C=O) groups is 1. The molecule has 0 saturated carbocycles. The van der Waals surface area contributed by atoms with Gasteiger partial charge in [-0.2, -0.15) is 0 Å². The Morgan fingerprint density at radius 3 is 3.17 bits per heavy atom. The Morgan fingerprint density at radius 2 is 2.33 bits per heavy atom. The van der Waals surface area contributed by atoms with Crippen molar-refractivity contribution < 1.29 is 4.79 Å². The molecule has 2 heterocycles. The van der Waals surface area contributed by atoms with E-state index in [0.717, 1.165) is 29.3 Å². The van der Waals surface area contributed by atoms with E-state index in [0.29, 0.717) is 12.5 Å². The fraction of sp³-hybridized carbons (Fsp3) is 0.333. The van der Waals surface area contributed by atoms with Gasteiger partial charge in [0.25, 0.3) is 0 Å². The van der Waals surface area contributed by atoms with Gasteiger partial charge >= 0.3 is 0 Å². The van der Waals surface area contributed by atoms with E-state index < -0.39 is 0 Å². The van der Waals surface area contributed by atoms with Crippen LogP contribution < -0.4 is 5.32 Å². The lowest BCUT2D eigenvalue weighted by Crippen LogP contribution is -2.24. The number of carbonyl (C=O) groups excluding carboxylic acids is 1. The second-order valence-corrected chi connectivity index (χ2v) is 4.82. The lowest BCUT2D eigenvalue weighted by Gasteiger charge is -2.10. The number of fused-ring (bicyclic) bond motifs is 1. The van der Waals surface area contributed by atoms with Gasteiger partial charge < -0.3 is 5.32 Å². The summed E-state index contributed by atoms with van der Waals surface area (Å²) in [5, 5.41) is 5.41. The van der Waals surface area contributed by atoms with Crippen LogP contribution in [0.25, 0.3) is 10.8 Å². The number of hydrogen-bond acceptors (Lipinski definition) is 3. The Balaban J connectivity index is 1.91.